The minimum absolute atomic E-state index is 0.0379. The molecule has 0 aromatic heterocycles. The number of methoxy groups -OCH3 is 1. The van der Waals surface area contributed by atoms with Gasteiger partial charge in [-0.2, -0.15) is 0 Å². The van der Waals surface area contributed by atoms with Crippen LogP contribution in [-0.4, -0.2) is 25.8 Å². The maximum atomic E-state index is 13.7. The summed E-state index contributed by atoms with van der Waals surface area (Å²) in [5.41, 5.74) is 4.83. The van der Waals surface area contributed by atoms with E-state index in [0.29, 0.717) is 6.54 Å². The van der Waals surface area contributed by atoms with Crippen LogP contribution < -0.4 is 14.4 Å². The quantitative estimate of drug-likeness (QED) is 0.280. The summed E-state index contributed by atoms with van der Waals surface area (Å²) in [7, 11) is 1.35. The number of benzene rings is 3. The van der Waals surface area contributed by atoms with Gasteiger partial charge in [0, 0.05) is 17.7 Å². The van der Waals surface area contributed by atoms with Gasteiger partial charge in [-0.1, -0.05) is 61.7 Å². The van der Waals surface area contributed by atoms with Crippen LogP contribution in [0.3, 0.4) is 0 Å². The molecule has 5 rings (SSSR count). The molecule has 1 heterocycles. The van der Waals surface area contributed by atoms with Gasteiger partial charge in [-0.25, -0.2) is 4.79 Å². The summed E-state index contributed by atoms with van der Waals surface area (Å²) >= 11 is 0. The Bertz CT molecular complexity index is 1290. The molecule has 190 valence electrons. The second-order valence-electron chi connectivity index (χ2n) is 9.48. The molecule has 6 heteroatoms. The number of hydrogen-bond acceptors (Lipinski definition) is 5. The fourth-order valence-electron chi connectivity index (χ4n) is 4.96. The fraction of sp³-hybridized carbons (Fsp3) is 0.290. The highest BCUT2D eigenvalue weighted by molar-refractivity contribution is 5.95. The van der Waals surface area contributed by atoms with Crippen LogP contribution in [0, 0.1) is 5.92 Å². The Morgan fingerprint density at radius 2 is 1.68 bits per heavy atom. The molecule has 37 heavy (non-hydrogen) atoms. The number of rotatable bonds is 7. The van der Waals surface area contributed by atoms with E-state index in [1.165, 1.54) is 19.6 Å². The topological polar surface area (TPSA) is 65.1 Å². The maximum absolute atomic E-state index is 13.7. The summed E-state index contributed by atoms with van der Waals surface area (Å²) in [4.78, 5) is 27.2. The number of nitrogens with zero attached hydrogens (tertiary/aromatic N) is 1. The van der Waals surface area contributed by atoms with Crippen molar-refractivity contribution in [3.05, 3.63) is 83.9 Å². The molecule has 0 saturated heterocycles. The predicted molar refractivity (Wildman–Crippen MR) is 143 cm³/mol. The van der Waals surface area contributed by atoms with E-state index in [-0.39, 0.29) is 18.6 Å². The van der Waals surface area contributed by atoms with Gasteiger partial charge in [0.2, 0.25) is 12.7 Å². The maximum Gasteiger partial charge on any atom is 0.330 e. The lowest BCUT2D eigenvalue weighted by molar-refractivity contribution is -0.134. The van der Waals surface area contributed by atoms with Crippen LogP contribution in [0.15, 0.2) is 72.8 Å². The molecule has 3 aromatic rings. The van der Waals surface area contributed by atoms with E-state index in [1.807, 2.05) is 47.4 Å². The SMILES string of the molecule is COC(=O)/C=C/c1cccc(N(Cc2ccc(-c3ccc4c(c3)OCO4)cc2)C(=O)C2CCCCC2)c1. The van der Waals surface area contributed by atoms with Gasteiger partial charge in [0.25, 0.3) is 0 Å². The Hall–Kier alpha value is -4.06. The molecule has 1 aliphatic heterocycles. The third-order valence-electron chi connectivity index (χ3n) is 7.02. The van der Waals surface area contributed by atoms with Crippen molar-refractivity contribution in [1.82, 2.24) is 0 Å². The smallest absolute Gasteiger partial charge is 0.330 e. The lowest BCUT2D eigenvalue weighted by Crippen LogP contribution is -2.36. The zero-order valence-electron chi connectivity index (χ0n) is 21.0. The molecule has 1 aliphatic carbocycles. The lowest BCUT2D eigenvalue weighted by Gasteiger charge is -2.30. The Kier molecular flexibility index (Phi) is 7.54. The Labute approximate surface area is 217 Å². The number of carbonyl (C=O) groups excluding carboxylic acids is 2. The van der Waals surface area contributed by atoms with Gasteiger partial charge in [0.15, 0.2) is 11.5 Å². The summed E-state index contributed by atoms with van der Waals surface area (Å²) in [6.07, 6.45) is 8.34. The largest absolute Gasteiger partial charge is 0.466 e. The number of anilines is 1. The summed E-state index contributed by atoms with van der Waals surface area (Å²) < 4.78 is 15.6. The van der Waals surface area contributed by atoms with Crippen molar-refractivity contribution < 1.29 is 23.8 Å². The highest BCUT2D eigenvalue weighted by Gasteiger charge is 2.27. The van der Waals surface area contributed by atoms with Gasteiger partial charge < -0.3 is 19.1 Å². The number of ether oxygens (including phenoxy) is 3. The molecule has 0 bridgehead atoms. The van der Waals surface area contributed by atoms with Gasteiger partial charge in [0.05, 0.1) is 13.7 Å². The molecule has 0 radical (unpaired) electrons. The van der Waals surface area contributed by atoms with Crippen LogP contribution in [0.1, 0.15) is 43.2 Å². The molecule has 1 fully saturated rings. The van der Waals surface area contributed by atoms with Crippen LogP contribution in [0.2, 0.25) is 0 Å². The van der Waals surface area contributed by atoms with E-state index in [0.717, 1.165) is 65.1 Å². The zero-order chi connectivity index (χ0) is 25.6. The van der Waals surface area contributed by atoms with Crippen molar-refractivity contribution in [3.63, 3.8) is 0 Å². The molecule has 0 unspecified atom stereocenters. The minimum Gasteiger partial charge on any atom is -0.466 e. The van der Waals surface area contributed by atoms with Crippen LogP contribution in [0.5, 0.6) is 11.5 Å². The van der Waals surface area contributed by atoms with Crippen molar-refractivity contribution in [2.75, 3.05) is 18.8 Å². The van der Waals surface area contributed by atoms with Gasteiger partial charge in [-0.15, -0.1) is 0 Å². The third kappa shape index (κ3) is 5.85. The molecule has 1 amide bonds. The average Bonchev–Trinajstić information content (AvgIpc) is 3.43. The molecule has 0 N–H and O–H groups in total. The van der Waals surface area contributed by atoms with Crippen LogP contribution in [0.4, 0.5) is 5.69 Å². The van der Waals surface area contributed by atoms with Crippen molar-refractivity contribution in [1.29, 1.82) is 0 Å². The monoisotopic (exact) mass is 497 g/mol. The van der Waals surface area contributed by atoms with Gasteiger partial charge in [-0.05, 0) is 65.4 Å². The summed E-state index contributed by atoms with van der Waals surface area (Å²) in [5.74, 6) is 1.31. The summed E-state index contributed by atoms with van der Waals surface area (Å²) in [6, 6.07) is 22.0. The molecule has 3 aromatic carbocycles. The standard InChI is InChI=1S/C31H31NO5/c1-35-30(33)17-12-22-6-5-9-27(18-22)32(31(34)25-7-3-2-4-8-25)20-23-10-13-24(14-11-23)26-15-16-28-29(19-26)37-21-36-28/h5-6,9-19,25H,2-4,7-8,20-21H2,1H3/b17-12+. The first-order chi connectivity index (χ1) is 18.1. The highest BCUT2D eigenvalue weighted by atomic mass is 16.7. The second-order valence-corrected chi connectivity index (χ2v) is 9.48. The average molecular weight is 498 g/mol. The Morgan fingerprint density at radius 1 is 0.919 bits per heavy atom. The molecule has 1 saturated carbocycles. The van der Waals surface area contributed by atoms with Crippen LogP contribution in [-0.2, 0) is 20.9 Å². The van der Waals surface area contributed by atoms with E-state index < -0.39 is 5.97 Å². The van der Waals surface area contributed by atoms with E-state index in [2.05, 4.69) is 24.3 Å². The number of amides is 1. The van der Waals surface area contributed by atoms with Gasteiger partial charge >= 0.3 is 5.97 Å². The van der Waals surface area contributed by atoms with Gasteiger partial charge in [-0.3, -0.25) is 4.79 Å². The normalized spacial score (nSPS) is 15.1. The zero-order valence-corrected chi connectivity index (χ0v) is 21.0. The predicted octanol–water partition coefficient (Wildman–Crippen LogP) is 6.38. The van der Waals surface area contributed by atoms with E-state index in [4.69, 9.17) is 14.2 Å². The van der Waals surface area contributed by atoms with Crippen molar-refractivity contribution in [2.24, 2.45) is 5.92 Å². The molecule has 2 aliphatic rings. The van der Waals surface area contributed by atoms with Crippen molar-refractivity contribution >= 4 is 23.6 Å². The number of fused-ring (bicyclic) bond motifs is 1. The first-order valence-electron chi connectivity index (χ1n) is 12.8. The fourth-order valence-corrected chi connectivity index (χ4v) is 4.96. The van der Waals surface area contributed by atoms with Crippen LogP contribution >= 0.6 is 0 Å². The van der Waals surface area contributed by atoms with Crippen molar-refractivity contribution in [2.45, 2.75) is 38.6 Å². The van der Waals surface area contributed by atoms with E-state index >= 15 is 0 Å². The second kappa shape index (κ2) is 11.3. The first kappa shape index (κ1) is 24.6. The molecular formula is C31H31NO5. The van der Waals surface area contributed by atoms with E-state index in [1.54, 1.807) is 6.08 Å². The highest BCUT2D eigenvalue weighted by Crippen LogP contribution is 2.36. The summed E-state index contributed by atoms with van der Waals surface area (Å²) in [5, 5.41) is 0. The molecular weight excluding hydrogens is 466 g/mol. The third-order valence-corrected chi connectivity index (χ3v) is 7.02. The Morgan fingerprint density at radius 3 is 2.46 bits per heavy atom. The molecule has 0 atom stereocenters. The van der Waals surface area contributed by atoms with Gasteiger partial charge in [0.1, 0.15) is 0 Å². The molecule has 0 spiro atoms. The van der Waals surface area contributed by atoms with Crippen molar-refractivity contribution in [3.8, 4) is 22.6 Å². The Balaban J connectivity index is 1.39. The minimum atomic E-state index is -0.414. The lowest BCUT2D eigenvalue weighted by atomic mass is 9.88. The molecule has 6 nitrogen and oxygen atoms in total. The first-order valence-corrected chi connectivity index (χ1v) is 12.8. The number of esters is 1. The van der Waals surface area contributed by atoms with E-state index in [9.17, 15) is 9.59 Å². The number of carbonyl (C=O) groups is 2. The number of hydrogen-bond donors (Lipinski definition) is 0. The van der Waals surface area contributed by atoms with Crippen LogP contribution in [0.25, 0.3) is 17.2 Å². The summed E-state index contributed by atoms with van der Waals surface area (Å²) in [6.45, 7) is 0.725.